The zero-order chi connectivity index (χ0) is 14.7. The van der Waals surface area contributed by atoms with Crippen molar-refractivity contribution in [2.45, 2.75) is 6.10 Å². The van der Waals surface area contributed by atoms with Crippen molar-refractivity contribution in [1.29, 1.82) is 0 Å². The summed E-state index contributed by atoms with van der Waals surface area (Å²) in [6.45, 7) is 0. The topological polar surface area (TPSA) is 47.3 Å². The van der Waals surface area contributed by atoms with Crippen molar-refractivity contribution in [3.63, 3.8) is 0 Å². The molecule has 0 aliphatic heterocycles. The first kappa shape index (κ1) is 13.4. The number of hydrogen-bond donors (Lipinski definition) is 1. The average Bonchev–Trinajstić information content (AvgIpc) is 3.05. The van der Waals surface area contributed by atoms with E-state index in [9.17, 15) is 5.11 Å². The summed E-state index contributed by atoms with van der Waals surface area (Å²) in [4.78, 5) is 0. The van der Waals surface area contributed by atoms with Crippen LogP contribution in [0.5, 0.6) is 5.75 Å². The van der Waals surface area contributed by atoms with Gasteiger partial charge in [0, 0.05) is 6.20 Å². The van der Waals surface area contributed by atoms with Crippen LogP contribution in [0.2, 0.25) is 0 Å². The van der Waals surface area contributed by atoms with Gasteiger partial charge in [-0.1, -0.05) is 30.3 Å². The molecule has 106 valence electrons. The maximum atomic E-state index is 10.4. The molecule has 1 unspecified atom stereocenters. The highest BCUT2D eigenvalue weighted by Gasteiger charge is 2.14. The zero-order valence-electron chi connectivity index (χ0n) is 11.7. The van der Waals surface area contributed by atoms with Gasteiger partial charge in [0.25, 0.3) is 0 Å². The molecule has 1 atom stereocenters. The maximum absolute atomic E-state index is 10.4. The van der Waals surface area contributed by atoms with E-state index in [0.29, 0.717) is 5.69 Å². The summed E-state index contributed by atoms with van der Waals surface area (Å²) in [7, 11) is 1.62. The molecule has 0 aliphatic rings. The van der Waals surface area contributed by atoms with Crippen molar-refractivity contribution in [3.8, 4) is 11.4 Å². The van der Waals surface area contributed by atoms with Crippen LogP contribution >= 0.6 is 0 Å². The molecule has 0 bridgehead atoms. The molecule has 4 nitrogen and oxygen atoms in total. The minimum absolute atomic E-state index is 0.615. The Morgan fingerprint density at radius 3 is 2.38 bits per heavy atom. The fourth-order valence-electron chi connectivity index (χ4n) is 2.17. The molecule has 4 heteroatoms. The molecule has 0 fully saturated rings. The molecule has 0 spiro atoms. The van der Waals surface area contributed by atoms with Crippen molar-refractivity contribution >= 4 is 0 Å². The SMILES string of the molecule is COc1ccc(C(O)c2ccn(-c3ccccc3)n2)cc1. The molecule has 1 N–H and O–H groups in total. The van der Waals surface area contributed by atoms with Crippen LogP contribution in [-0.2, 0) is 0 Å². The molecule has 0 radical (unpaired) electrons. The summed E-state index contributed by atoms with van der Waals surface area (Å²) in [6.07, 6.45) is 1.10. The van der Waals surface area contributed by atoms with Gasteiger partial charge in [0.15, 0.2) is 0 Å². The third kappa shape index (κ3) is 2.80. The summed E-state index contributed by atoms with van der Waals surface area (Å²) in [5.74, 6) is 0.765. The minimum Gasteiger partial charge on any atom is -0.497 e. The smallest absolute Gasteiger partial charge is 0.123 e. The molecule has 21 heavy (non-hydrogen) atoms. The van der Waals surface area contributed by atoms with E-state index in [1.165, 1.54) is 0 Å². The Kier molecular flexibility index (Phi) is 3.71. The van der Waals surface area contributed by atoms with Crippen LogP contribution in [0.15, 0.2) is 66.9 Å². The number of para-hydroxylation sites is 1. The first-order chi connectivity index (χ1) is 10.3. The number of nitrogens with zero attached hydrogens (tertiary/aromatic N) is 2. The van der Waals surface area contributed by atoms with E-state index >= 15 is 0 Å². The van der Waals surface area contributed by atoms with Gasteiger partial charge >= 0.3 is 0 Å². The fraction of sp³-hybridized carbons (Fsp3) is 0.118. The summed E-state index contributed by atoms with van der Waals surface area (Å²) in [6, 6.07) is 19.0. The summed E-state index contributed by atoms with van der Waals surface area (Å²) in [5.41, 5.74) is 2.36. The van der Waals surface area contributed by atoms with Crippen molar-refractivity contribution in [1.82, 2.24) is 9.78 Å². The van der Waals surface area contributed by atoms with Gasteiger partial charge in [-0.05, 0) is 35.9 Å². The third-order valence-electron chi connectivity index (χ3n) is 3.34. The Balaban J connectivity index is 1.85. The second-order valence-corrected chi connectivity index (χ2v) is 4.70. The van der Waals surface area contributed by atoms with E-state index in [-0.39, 0.29) is 0 Å². The molecule has 1 aromatic heterocycles. The highest BCUT2D eigenvalue weighted by molar-refractivity contribution is 5.34. The normalized spacial score (nSPS) is 12.1. The summed E-state index contributed by atoms with van der Waals surface area (Å²) in [5, 5.41) is 14.8. The number of ether oxygens (including phenoxy) is 1. The lowest BCUT2D eigenvalue weighted by Crippen LogP contribution is -2.02. The number of aliphatic hydroxyl groups is 1. The maximum Gasteiger partial charge on any atom is 0.123 e. The Morgan fingerprint density at radius 2 is 1.71 bits per heavy atom. The average molecular weight is 280 g/mol. The quantitative estimate of drug-likeness (QED) is 0.799. The molecule has 0 aliphatic carbocycles. The van der Waals surface area contributed by atoms with Crippen molar-refractivity contribution < 1.29 is 9.84 Å². The largest absolute Gasteiger partial charge is 0.497 e. The van der Waals surface area contributed by atoms with Crippen LogP contribution in [0.1, 0.15) is 17.4 Å². The Hall–Kier alpha value is -2.59. The van der Waals surface area contributed by atoms with Crippen LogP contribution in [0.25, 0.3) is 5.69 Å². The lowest BCUT2D eigenvalue weighted by Gasteiger charge is -2.09. The minimum atomic E-state index is -0.749. The molecule has 0 saturated carbocycles. The van der Waals surface area contributed by atoms with Gasteiger partial charge in [0.1, 0.15) is 11.9 Å². The van der Waals surface area contributed by atoms with Gasteiger partial charge in [-0.3, -0.25) is 0 Å². The van der Waals surface area contributed by atoms with Gasteiger partial charge in [-0.15, -0.1) is 0 Å². The molecule has 3 rings (SSSR count). The van der Waals surface area contributed by atoms with Gasteiger partial charge in [0.05, 0.1) is 18.5 Å². The van der Waals surface area contributed by atoms with Crippen molar-refractivity contribution in [2.24, 2.45) is 0 Å². The van der Waals surface area contributed by atoms with E-state index in [2.05, 4.69) is 5.10 Å². The third-order valence-corrected chi connectivity index (χ3v) is 3.34. The number of hydrogen-bond acceptors (Lipinski definition) is 3. The number of aliphatic hydroxyl groups excluding tert-OH is 1. The standard InChI is InChI=1S/C17H16N2O2/c1-21-15-9-7-13(8-10-15)17(20)16-11-12-19(18-16)14-5-3-2-4-6-14/h2-12,17,20H,1H3. The first-order valence-electron chi connectivity index (χ1n) is 6.71. The molecule has 2 aromatic carbocycles. The second-order valence-electron chi connectivity index (χ2n) is 4.70. The Labute approximate surface area is 123 Å². The molecule has 0 saturated heterocycles. The number of benzene rings is 2. The van der Waals surface area contributed by atoms with E-state index in [1.54, 1.807) is 11.8 Å². The van der Waals surface area contributed by atoms with E-state index < -0.39 is 6.10 Å². The lowest BCUT2D eigenvalue weighted by atomic mass is 10.1. The van der Waals surface area contributed by atoms with Gasteiger partial charge < -0.3 is 9.84 Å². The van der Waals surface area contributed by atoms with Crippen LogP contribution in [0.3, 0.4) is 0 Å². The monoisotopic (exact) mass is 280 g/mol. The predicted octanol–water partition coefficient (Wildman–Crippen LogP) is 2.96. The predicted molar refractivity (Wildman–Crippen MR) is 80.6 cm³/mol. The van der Waals surface area contributed by atoms with E-state index in [1.807, 2.05) is 66.9 Å². The first-order valence-corrected chi connectivity index (χ1v) is 6.71. The van der Waals surface area contributed by atoms with Gasteiger partial charge in [-0.25, -0.2) is 4.68 Å². The second kappa shape index (κ2) is 5.81. The lowest BCUT2D eigenvalue weighted by molar-refractivity contribution is 0.214. The Morgan fingerprint density at radius 1 is 1.00 bits per heavy atom. The van der Waals surface area contributed by atoms with E-state index in [0.717, 1.165) is 17.0 Å². The molecule has 3 aromatic rings. The highest BCUT2D eigenvalue weighted by Crippen LogP contribution is 2.23. The van der Waals surface area contributed by atoms with Crippen LogP contribution in [-0.4, -0.2) is 22.0 Å². The van der Waals surface area contributed by atoms with Crippen LogP contribution in [0.4, 0.5) is 0 Å². The number of methoxy groups -OCH3 is 1. The number of aromatic nitrogens is 2. The van der Waals surface area contributed by atoms with Gasteiger partial charge in [0.2, 0.25) is 0 Å². The highest BCUT2D eigenvalue weighted by atomic mass is 16.5. The molecular formula is C17H16N2O2. The molecule has 1 heterocycles. The zero-order valence-corrected chi connectivity index (χ0v) is 11.7. The van der Waals surface area contributed by atoms with Crippen LogP contribution in [0, 0.1) is 0 Å². The van der Waals surface area contributed by atoms with Crippen LogP contribution < -0.4 is 4.74 Å². The van der Waals surface area contributed by atoms with Gasteiger partial charge in [-0.2, -0.15) is 5.10 Å². The summed E-state index contributed by atoms with van der Waals surface area (Å²) >= 11 is 0. The molecular weight excluding hydrogens is 264 g/mol. The van der Waals surface area contributed by atoms with Crippen molar-refractivity contribution in [2.75, 3.05) is 7.11 Å². The Bertz CT molecular complexity index is 705. The molecule has 0 amide bonds. The van der Waals surface area contributed by atoms with Crippen molar-refractivity contribution in [3.05, 3.63) is 78.1 Å². The number of rotatable bonds is 4. The fourth-order valence-corrected chi connectivity index (χ4v) is 2.17. The van der Waals surface area contributed by atoms with E-state index in [4.69, 9.17) is 4.74 Å². The summed E-state index contributed by atoms with van der Waals surface area (Å²) < 4.78 is 6.87.